The lowest BCUT2D eigenvalue weighted by Gasteiger charge is -2.43. The van der Waals surface area contributed by atoms with E-state index in [9.17, 15) is 74.2 Å². The molecule has 0 fully saturated rings. The van der Waals surface area contributed by atoms with E-state index in [-0.39, 0.29) is 0 Å². The van der Waals surface area contributed by atoms with Crippen molar-refractivity contribution < 1.29 is 74.2 Å². The van der Waals surface area contributed by atoms with Crippen LogP contribution in [0.3, 0.4) is 0 Å². The molecule has 0 saturated carbocycles. The van der Waals surface area contributed by atoms with Crippen LogP contribution in [0.15, 0.2) is 0 Å². The summed E-state index contributed by atoms with van der Waals surface area (Å²) in [6.07, 6.45) is -7.70. The summed E-state index contributed by atoms with van der Waals surface area (Å²) in [5.41, 5.74) is 0. The molecule has 20 heteroatoms. The van der Waals surface area contributed by atoms with Gasteiger partial charge in [-0.15, -0.1) is 0 Å². The summed E-state index contributed by atoms with van der Waals surface area (Å²) < 4.78 is 199. The number of rotatable bonds is 6. The van der Waals surface area contributed by atoms with Gasteiger partial charge >= 0.3 is 28.9 Å². The molecule has 0 amide bonds. The van der Waals surface area contributed by atoms with Crippen molar-refractivity contribution in [3.63, 3.8) is 0 Å². The Labute approximate surface area is 129 Å². The third-order valence-electron chi connectivity index (χ3n) is 2.14. The van der Waals surface area contributed by atoms with E-state index in [0.717, 1.165) is 0 Å². The van der Waals surface area contributed by atoms with Gasteiger partial charge in [0.1, 0.15) is 0 Å². The van der Waals surface area contributed by atoms with Crippen LogP contribution in [0.2, 0.25) is 0 Å². The van der Waals surface area contributed by atoms with E-state index in [1.165, 1.54) is 0 Å². The standard InChI is InChI=1S/C5H2F11NO6S2/c6-1(7,3(10,11)24(18,19)20)17(5(14,15)16)2(8,9)4(12,13)25(21,22)23/h(H,18,19,20)(H,21,22,23)/p-2. The van der Waals surface area contributed by atoms with E-state index in [0.29, 0.717) is 0 Å². The van der Waals surface area contributed by atoms with Gasteiger partial charge in [0, 0.05) is 0 Å². The lowest BCUT2D eigenvalue weighted by atomic mass is 10.4. The van der Waals surface area contributed by atoms with Gasteiger partial charge in [0.05, 0.1) is 0 Å². The van der Waals surface area contributed by atoms with Crippen molar-refractivity contribution in [3.8, 4) is 0 Å². The number of hydrogen-bond acceptors (Lipinski definition) is 7. The van der Waals surface area contributed by atoms with Crippen molar-refractivity contribution in [1.29, 1.82) is 0 Å². The third kappa shape index (κ3) is 3.61. The van der Waals surface area contributed by atoms with Crippen LogP contribution >= 0.6 is 0 Å². The fraction of sp³-hybridized carbons (Fsp3) is 1.00. The van der Waals surface area contributed by atoms with E-state index in [4.69, 9.17) is 0 Å². The molecule has 7 nitrogen and oxygen atoms in total. The van der Waals surface area contributed by atoms with Gasteiger partial charge in [-0.25, -0.2) is 16.8 Å². The van der Waals surface area contributed by atoms with Crippen molar-refractivity contribution >= 4 is 20.2 Å². The molecule has 0 aliphatic heterocycles. The highest BCUT2D eigenvalue weighted by atomic mass is 32.2. The van der Waals surface area contributed by atoms with Gasteiger partial charge in [-0.2, -0.15) is 48.3 Å². The minimum absolute atomic E-state index is 4.50. The molecule has 0 aliphatic rings. The highest BCUT2D eigenvalue weighted by Gasteiger charge is 2.82. The first kappa shape index (κ1) is 24.0. The molecule has 0 bridgehead atoms. The lowest BCUT2D eigenvalue weighted by molar-refractivity contribution is -0.452. The molecule has 0 aliphatic carbocycles. The van der Waals surface area contributed by atoms with Crippen LogP contribution in [-0.2, 0) is 20.2 Å². The number of nitrogens with zero attached hydrogens (tertiary/aromatic N) is 1. The van der Waals surface area contributed by atoms with Crippen LogP contribution in [0.25, 0.3) is 0 Å². The molecular formula is C5F11NO6S2-2. The summed E-state index contributed by atoms with van der Waals surface area (Å²) in [7, 11) is -15.8. The number of hydrogen-bond donors (Lipinski definition) is 0. The monoisotopic (exact) mass is 443 g/mol. The Bertz CT molecular complexity index is 669. The Morgan fingerprint density at radius 3 is 0.880 bits per heavy atom. The first-order valence-corrected chi connectivity index (χ1v) is 7.47. The molecule has 0 unspecified atom stereocenters. The van der Waals surface area contributed by atoms with E-state index < -0.39 is 54.0 Å². The predicted octanol–water partition coefficient (Wildman–Crippen LogP) is 1.27. The second-order valence-corrected chi connectivity index (χ2v) is 6.67. The van der Waals surface area contributed by atoms with Crippen LogP contribution in [0.5, 0.6) is 0 Å². The van der Waals surface area contributed by atoms with Crippen molar-refractivity contribution in [1.82, 2.24) is 4.90 Å². The van der Waals surface area contributed by atoms with Gasteiger partial charge < -0.3 is 9.11 Å². The Kier molecular flexibility index (Phi) is 5.53. The molecule has 0 saturated heterocycles. The van der Waals surface area contributed by atoms with Crippen LogP contribution in [0, 0.1) is 0 Å². The summed E-state index contributed by atoms with van der Waals surface area (Å²) in [5, 5.41) is -15.2. The van der Waals surface area contributed by atoms with Crippen molar-refractivity contribution in [2.45, 2.75) is 28.9 Å². The second-order valence-electron chi connectivity index (χ2n) is 3.83. The second kappa shape index (κ2) is 5.76. The first-order chi connectivity index (χ1) is 10.4. The summed E-state index contributed by atoms with van der Waals surface area (Å²) in [4.78, 5) is -4.50. The van der Waals surface area contributed by atoms with Gasteiger partial charge in [0.25, 0.3) is 0 Å². The Hall–Kier alpha value is -0.990. The van der Waals surface area contributed by atoms with Gasteiger partial charge in [0.15, 0.2) is 20.2 Å². The zero-order chi connectivity index (χ0) is 21.1. The fourth-order valence-corrected chi connectivity index (χ4v) is 1.84. The Balaban J connectivity index is 6.92. The SMILES string of the molecule is O=S(=O)([O-])C(F)(F)C(F)(F)N(C(F)(F)F)C(F)(F)C(F)(F)S(=O)(=O)[O-]. The normalized spacial score (nSPS) is 16.4. The van der Waals surface area contributed by atoms with Gasteiger partial charge in [-0.1, -0.05) is 4.90 Å². The molecule has 0 aromatic heterocycles. The van der Waals surface area contributed by atoms with E-state index in [1.807, 2.05) is 0 Å². The minimum atomic E-state index is -7.97. The maximum Gasteiger partial charge on any atom is 0.469 e. The zero-order valence-corrected chi connectivity index (χ0v) is 12.0. The Morgan fingerprint density at radius 2 is 0.760 bits per heavy atom. The molecule has 25 heavy (non-hydrogen) atoms. The van der Waals surface area contributed by atoms with E-state index in [1.54, 1.807) is 0 Å². The molecule has 0 heterocycles. The third-order valence-corrected chi connectivity index (χ3v) is 3.89. The summed E-state index contributed by atoms with van der Waals surface area (Å²) >= 11 is 0. The van der Waals surface area contributed by atoms with Gasteiger partial charge in [0.2, 0.25) is 0 Å². The topological polar surface area (TPSA) is 118 Å². The highest BCUT2D eigenvalue weighted by Crippen LogP contribution is 2.54. The maximum atomic E-state index is 13.0. The quantitative estimate of drug-likeness (QED) is 0.345. The van der Waals surface area contributed by atoms with Gasteiger partial charge in [-0.05, 0) is 0 Å². The van der Waals surface area contributed by atoms with Crippen LogP contribution in [0.4, 0.5) is 48.3 Å². The molecule has 0 atom stereocenters. The molecule has 0 rings (SSSR count). The zero-order valence-electron chi connectivity index (χ0n) is 10.4. The summed E-state index contributed by atoms with van der Waals surface area (Å²) in [6, 6.07) is -15.9. The molecular weight excluding hydrogens is 443 g/mol. The molecule has 0 spiro atoms. The minimum Gasteiger partial charge on any atom is -0.743 e. The highest BCUT2D eigenvalue weighted by molar-refractivity contribution is 7.87. The van der Waals surface area contributed by atoms with Crippen LogP contribution < -0.4 is 0 Å². The van der Waals surface area contributed by atoms with Crippen molar-refractivity contribution in [3.05, 3.63) is 0 Å². The van der Waals surface area contributed by atoms with E-state index >= 15 is 0 Å². The summed E-state index contributed by atoms with van der Waals surface area (Å²) in [6.45, 7) is 0. The Morgan fingerprint density at radius 1 is 0.560 bits per heavy atom. The maximum absolute atomic E-state index is 13.0. The summed E-state index contributed by atoms with van der Waals surface area (Å²) in [5.74, 6) is 0. The van der Waals surface area contributed by atoms with Crippen molar-refractivity contribution in [2.75, 3.05) is 0 Å². The molecule has 0 N–H and O–H groups in total. The lowest BCUT2D eigenvalue weighted by Crippen LogP contribution is -2.72. The van der Waals surface area contributed by atoms with Crippen LogP contribution in [0.1, 0.15) is 0 Å². The average molecular weight is 443 g/mol. The first-order valence-electron chi connectivity index (χ1n) is 4.66. The number of halogens is 11. The molecule has 0 aromatic rings. The van der Waals surface area contributed by atoms with Crippen LogP contribution in [-0.4, -0.2) is 59.7 Å². The molecule has 0 radical (unpaired) electrons. The average Bonchev–Trinajstić information content (AvgIpc) is 2.21. The van der Waals surface area contributed by atoms with Crippen molar-refractivity contribution in [2.24, 2.45) is 0 Å². The smallest absolute Gasteiger partial charge is 0.469 e. The number of alkyl halides is 11. The fourth-order valence-electron chi connectivity index (χ4n) is 1.06. The largest absolute Gasteiger partial charge is 0.743 e. The molecule has 152 valence electrons. The molecule has 0 aromatic carbocycles. The van der Waals surface area contributed by atoms with Gasteiger partial charge in [-0.3, -0.25) is 0 Å². The van der Waals surface area contributed by atoms with E-state index in [2.05, 4.69) is 0 Å². The predicted molar refractivity (Wildman–Crippen MR) is 47.1 cm³/mol.